The molecule has 6 nitrogen and oxygen atoms in total. The van der Waals surface area contributed by atoms with Crippen molar-refractivity contribution in [3.05, 3.63) is 60.8 Å². The van der Waals surface area contributed by atoms with Gasteiger partial charge in [-0.05, 0) is 44.9 Å². The Balaban J connectivity index is 4.04. The van der Waals surface area contributed by atoms with Crippen molar-refractivity contribution in [2.45, 2.75) is 154 Å². The van der Waals surface area contributed by atoms with Crippen molar-refractivity contribution in [2.75, 3.05) is 6.61 Å². The lowest BCUT2D eigenvalue weighted by Crippen LogP contribution is -2.45. The number of rotatable bonds is 28. The predicted molar refractivity (Wildman–Crippen MR) is 177 cm³/mol. The van der Waals surface area contributed by atoms with Gasteiger partial charge in [0.15, 0.2) is 0 Å². The molecule has 6 heteroatoms. The highest BCUT2D eigenvalue weighted by Gasteiger charge is 2.18. The normalized spacial score (nSPS) is 15.5. The summed E-state index contributed by atoms with van der Waals surface area (Å²) in [5.41, 5.74) is 0. The zero-order chi connectivity index (χ0) is 31.1. The van der Waals surface area contributed by atoms with Crippen LogP contribution in [0.1, 0.15) is 129 Å². The number of amides is 1. The van der Waals surface area contributed by atoms with Gasteiger partial charge in [0.1, 0.15) is 0 Å². The third-order valence-electron chi connectivity index (χ3n) is 7.19. The van der Waals surface area contributed by atoms with Gasteiger partial charge in [0.25, 0.3) is 0 Å². The van der Waals surface area contributed by atoms with Gasteiger partial charge in [-0.25, -0.2) is 0 Å². The van der Waals surface area contributed by atoms with Gasteiger partial charge in [0.05, 0.1) is 31.0 Å². The summed E-state index contributed by atoms with van der Waals surface area (Å²) in [5.74, 6) is -0.254. The number of unbranched alkanes of at least 4 members (excludes halogenated alkanes) is 12. The molecule has 0 bridgehead atoms. The summed E-state index contributed by atoms with van der Waals surface area (Å²) in [7, 11) is 0. The molecule has 1 amide bonds. The largest absolute Gasteiger partial charge is 0.394 e. The van der Waals surface area contributed by atoms with E-state index in [0.717, 1.165) is 19.3 Å². The van der Waals surface area contributed by atoms with Gasteiger partial charge in [-0.3, -0.25) is 4.79 Å². The van der Waals surface area contributed by atoms with Crippen LogP contribution in [-0.4, -0.2) is 57.3 Å². The Hall–Kier alpha value is -1.99. The zero-order valence-electron chi connectivity index (χ0n) is 26.7. The van der Waals surface area contributed by atoms with Crippen LogP contribution in [0.15, 0.2) is 60.8 Å². The molecule has 0 spiro atoms. The minimum Gasteiger partial charge on any atom is -0.394 e. The van der Waals surface area contributed by atoms with Crippen LogP contribution in [0.25, 0.3) is 0 Å². The topological polar surface area (TPSA) is 110 Å². The maximum atomic E-state index is 12.3. The van der Waals surface area contributed by atoms with Crippen molar-refractivity contribution >= 4 is 5.91 Å². The summed E-state index contributed by atoms with van der Waals surface area (Å²) in [6.07, 6.45) is 34.9. The van der Waals surface area contributed by atoms with Crippen molar-refractivity contribution in [3.63, 3.8) is 0 Å². The molecule has 0 heterocycles. The highest BCUT2D eigenvalue weighted by molar-refractivity contribution is 5.76. The van der Waals surface area contributed by atoms with Crippen molar-refractivity contribution in [1.82, 2.24) is 5.32 Å². The van der Waals surface area contributed by atoms with Crippen LogP contribution in [0.2, 0.25) is 0 Å². The van der Waals surface area contributed by atoms with Gasteiger partial charge >= 0.3 is 0 Å². The van der Waals surface area contributed by atoms with Crippen LogP contribution in [0.4, 0.5) is 0 Å². The van der Waals surface area contributed by atoms with E-state index >= 15 is 0 Å². The second-order valence-corrected chi connectivity index (χ2v) is 11.3. The third kappa shape index (κ3) is 26.9. The van der Waals surface area contributed by atoms with Crippen LogP contribution in [-0.2, 0) is 4.79 Å². The number of aliphatic hydroxyl groups is 4. The molecule has 0 aromatic heterocycles. The van der Waals surface area contributed by atoms with Gasteiger partial charge in [-0.2, -0.15) is 0 Å². The first kappa shape index (κ1) is 40.0. The number of allylic oxidation sites excluding steroid dienone is 6. The average Bonchev–Trinajstić information content (AvgIpc) is 2.98. The second kappa shape index (κ2) is 30.5. The van der Waals surface area contributed by atoms with E-state index < -0.39 is 24.4 Å². The molecule has 0 fully saturated rings. The van der Waals surface area contributed by atoms with Crippen LogP contribution in [0.5, 0.6) is 0 Å². The van der Waals surface area contributed by atoms with Gasteiger partial charge < -0.3 is 25.7 Å². The number of nitrogens with one attached hydrogen (secondary N) is 1. The summed E-state index contributed by atoms with van der Waals surface area (Å²) < 4.78 is 0. The standard InChI is InChI=1S/C36H63NO5/c1-3-5-7-9-11-12-13-14-15-17-23-29-35(41)34(31-38)37-36(42)30-24-28-33(40)27-22-19-18-21-26-32(39)25-20-16-10-8-6-4-2/h16,18-23,26-27,29,32-35,38-41H,3-15,17,24-25,28,30-31H2,1-2H3,(H,37,42)/b19-18+,20-16-,26-21+,27-22-,29-23+/t32-,33-,34-,35+/m0/s1. The molecule has 5 N–H and O–H groups in total. The van der Waals surface area contributed by atoms with E-state index in [9.17, 15) is 25.2 Å². The number of carbonyl (C=O) groups excluding carboxylic acids is 1. The Morgan fingerprint density at radius 2 is 1.19 bits per heavy atom. The van der Waals surface area contributed by atoms with Crippen molar-refractivity contribution in [1.29, 1.82) is 0 Å². The van der Waals surface area contributed by atoms with E-state index in [4.69, 9.17) is 0 Å². The lowest BCUT2D eigenvalue weighted by atomic mass is 10.1. The van der Waals surface area contributed by atoms with E-state index in [-0.39, 0.29) is 18.9 Å². The number of hydrogen-bond acceptors (Lipinski definition) is 5. The zero-order valence-corrected chi connectivity index (χ0v) is 26.7. The van der Waals surface area contributed by atoms with Crippen LogP contribution < -0.4 is 5.32 Å². The Morgan fingerprint density at radius 1 is 0.643 bits per heavy atom. The molecule has 0 aromatic carbocycles. The summed E-state index contributed by atoms with van der Waals surface area (Å²) in [6.45, 7) is 4.08. The Morgan fingerprint density at radius 3 is 1.83 bits per heavy atom. The highest BCUT2D eigenvalue weighted by atomic mass is 16.3. The van der Waals surface area contributed by atoms with E-state index in [2.05, 4.69) is 25.2 Å². The molecule has 0 saturated heterocycles. The molecule has 0 aliphatic heterocycles. The quantitative estimate of drug-likeness (QED) is 0.0371. The van der Waals surface area contributed by atoms with Gasteiger partial charge in [-0.15, -0.1) is 0 Å². The second-order valence-electron chi connectivity index (χ2n) is 11.3. The first-order valence-electron chi connectivity index (χ1n) is 16.7. The minimum absolute atomic E-state index is 0.208. The fourth-order valence-corrected chi connectivity index (χ4v) is 4.49. The SMILES string of the molecule is CCCCC/C=C\C[C@H](O)/C=C/C=C/C=C\[C@H](O)CCCC(=O)N[C@@H](CO)[C@H](O)/C=C/CCCCCCCCCCC. The maximum absolute atomic E-state index is 12.3. The summed E-state index contributed by atoms with van der Waals surface area (Å²) in [5, 5.41) is 42.7. The molecule has 42 heavy (non-hydrogen) atoms. The molecule has 0 aliphatic carbocycles. The summed E-state index contributed by atoms with van der Waals surface area (Å²) in [4.78, 5) is 12.3. The molecule has 4 atom stereocenters. The molecular weight excluding hydrogens is 526 g/mol. The molecule has 242 valence electrons. The number of hydrogen-bond donors (Lipinski definition) is 5. The Kier molecular flexibility index (Phi) is 29.0. The van der Waals surface area contributed by atoms with Crippen LogP contribution in [0.3, 0.4) is 0 Å². The number of aliphatic hydroxyl groups excluding tert-OH is 4. The molecule has 0 saturated carbocycles. The average molecular weight is 590 g/mol. The van der Waals surface area contributed by atoms with E-state index in [1.807, 2.05) is 12.2 Å². The van der Waals surface area contributed by atoms with E-state index in [1.165, 1.54) is 70.6 Å². The highest BCUT2D eigenvalue weighted by Crippen LogP contribution is 2.11. The summed E-state index contributed by atoms with van der Waals surface area (Å²) >= 11 is 0. The lowest BCUT2D eigenvalue weighted by Gasteiger charge is -2.20. The smallest absolute Gasteiger partial charge is 0.220 e. The maximum Gasteiger partial charge on any atom is 0.220 e. The molecule has 0 rings (SSSR count). The lowest BCUT2D eigenvalue weighted by molar-refractivity contribution is -0.123. The fraction of sp³-hybridized carbons (Fsp3) is 0.694. The van der Waals surface area contributed by atoms with Crippen LogP contribution >= 0.6 is 0 Å². The van der Waals surface area contributed by atoms with Gasteiger partial charge in [-0.1, -0.05) is 139 Å². The third-order valence-corrected chi connectivity index (χ3v) is 7.19. The first-order chi connectivity index (χ1) is 20.4. The van der Waals surface area contributed by atoms with Gasteiger partial charge in [0.2, 0.25) is 5.91 Å². The molecule has 0 unspecified atom stereocenters. The molecule has 0 radical (unpaired) electrons. The van der Waals surface area contributed by atoms with Crippen LogP contribution in [0, 0.1) is 0 Å². The monoisotopic (exact) mass is 589 g/mol. The molecule has 0 aromatic rings. The van der Waals surface area contributed by atoms with E-state index in [1.54, 1.807) is 42.5 Å². The van der Waals surface area contributed by atoms with E-state index in [0.29, 0.717) is 19.3 Å². The minimum atomic E-state index is -0.931. The Labute approximate surface area is 257 Å². The predicted octanol–water partition coefficient (Wildman–Crippen LogP) is 7.39. The van der Waals surface area contributed by atoms with Crippen molar-refractivity contribution in [2.24, 2.45) is 0 Å². The Bertz CT molecular complexity index is 758. The first-order valence-corrected chi connectivity index (χ1v) is 16.7. The molecular formula is C36H63NO5. The van der Waals surface area contributed by atoms with Gasteiger partial charge in [0, 0.05) is 6.42 Å². The fourth-order valence-electron chi connectivity index (χ4n) is 4.49. The van der Waals surface area contributed by atoms with Crippen molar-refractivity contribution in [3.8, 4) is 0 Å². The summed E-state index contributed by atoms with van der Waals surface area (Å²) in [6, 6.07) is -0.736. The molecule has 0 aliphatic rings. The number of carbonyl (C=O) groups is 1. The van der Waals surface area contributed by atoms with Crippen molar-refractivity contribution < 1.29 is 25.2 Å².